The van der Waals surface area contributed by atoms with E-state index in [9.17, 15) is 19.9 Å². The Bertz CT molecular complexity index is 556. The van der Waals surface area contributed by atoms with Crippen molar-refractivity contribution in [3.8, 4) is 17.2 Å². The van der Waals surface area contributed by atoms with E-state index in [2.05, 4.69) is 0 Å². The summed E-state index contributed by atoms with van der Waals surface area (Å²) in [6.07, 6.45) is 1.69. The maximum atomic E-state index is 11.5. The molecule has 0 spiro atoms. The smallest absolute Gasteiger partial charge is 0.467 e. The van der Waals surface area contributed by atoms with Gasteiger partial charge in [-0.05, 0) is 25.0 Å². The third-order valence-electron chi connectivity index (χ3n) is 3.11. The molecule has 0 saturated heterocycles. The highest BCUT2D eigenvalue weighted by molar-refractivity contribution is 6.59. The van der Waals surface area contributed by atoms with Gasteiger partial charge in [0, 0.05) is 0 Å². The Kier molecular flexibility index (Phi) is 4.29. The van der Waals surface area contributed by atoms with Gasteiger partial charge < -0.3 is 29.3 Å². The molecule has 1 aromatic rings. The summed E-state index contributed by atoms with van der Waals surface area (Å²) in [5.74, 6) is -1.17. The molecule has 0 aliphatic carbocycles. The molecular weight excluding hydrogens is 279 g/mol. The highest BCUT2D eigenvalue weighted by atomic mass is 16.7. The van der Waals surface area contributed by atoms with E-state index in [0.717, 1.165) is 12.8 Å². The molecule has 0 amide bonds. The summed E-state index contributed by atoms with van der Waals surface area (Å²) in [6.45, 7) is 0.389. The monoisotopic (exact) mass is 297 g/mol. The predicted octanol–water partition coefficient (Wildman–Crippen LogP) is 1.11. The zero-order valence-electron chi connectivity index (χ0n) is 12.0. The Hall–Kier alpha value is -1.93. The Labute approximate surface area is 122 Å². The van der Waals surface area contributed by atoms with E-state index in [4.69, 9.17) is 14.1 Å². The second kappa shape index (κ2) is 5.83. The number of ether oxygens (including phenoxy) is 2. The van der Waals surface area contributed by atoms with Crippen LogP contribution in [0, 0.1) is 6.92 Å². The van der Waals surface area contributed by atoms with Gasteiger partial charge in [-0.25, -0.2) is 4.79 Å². The Morgan fingerprint density at radius 3 is 2.76 bits per heavy atom. The molecule has 0 bridgehead atoms. The molecule has 0 atom stereocenters. The highest BCUT2D eigenvalue weighted by Gasteiger charge is 2.35. The number of hydrogen-bond acceptors (Lipinski definition) is 6. The second-order valence-electron chi connectivity index (χ2n) is 5.02. The standard InChI is InChI=1S/C13H18BO7/c1-3-4-5-19-9-6-8(2)11-12(10(9)13(15)16)21-14(17,18)7-20-11/h6,17-18H,3-5,7H2,1-2H3,(H,15,16)/q-1. The number of rotatable bonds is 5. The summed E-state index contributed by atoms with van der Waals surface area (Å²) in [5.41, 5.74) is 0.341. The number of unbranched alkanes of at least 4 members (excludes halogenated alkanes) is 1. The van der Waals surface area contributed by atoms with Crippen LogP contribution in [0.25, 0.3) is 0 Å². The van der Waals surface area contributed by atoms with Crippen molar-refractivity contribution < 1.29 is 34.1 Å². The lowest BCUT2D eigenvalue weighted by Crippen LogP contribution is -2.51. The third-order valence-corrected chi connectivity index (χ3v) is 3.11. The van der Waals surface area contributed by atoms with Crippen molar-refractivity contribution in [2.75, 3.05) is 13.1 Å². The highest BCUT2D eigenvalue weighted by Crippen LogP contribution is 2.43. The molecule has 7 nitrogen and oxygen atoms in total. The maximum absolute atomic E-state index is 11.5. The summed E-state index contributed by atoms with van der Waals surface area (Å²) in [6, 6.07) is 1.55. The average molecular weight is 297 g/mol. The van der Waals surface area contributed by atoms with Crippen LogP contribution in [0.1, 0.15) is 35.7 Å². The van der Waals surface area contributed by atoms with Crippen molar-refractivity contribution in [2.45, 2.75) is 26.7 Å². The molecule has 0 unspecified atom stereocenters. The topological polar surface area (TPSA) is 105 Å². The first-order chi connectivity index (χ1) is 9.85. The van der Waals surface area contributed by atoms with Gasteiger partial charge in [-0.3, -0.25) is 0 Å². The van der Waals surface area contributed by atoms with Gasteiger partial charge in [0.15, 0.2) is 5.75 Å². The summed E-state index contributed by atoms with van der Waals surface area (Å²) in [5, 5.41) is 28.5. The summed E-state index contributed by atoms with van der Waals surface area (Å²) < 4.78 is 15.7. The van der Waals surface area contributed by atoms with E-state index >= 15 is 0 Å². The van der Waals surface area contributed by atoms with E-state index in [1.54, 1.807) is 13.0 Å². The maximum Gasteiger partial charge on any atom is 0.467 e. The lowest BCUT2D eigenvalue weighted by molar-refractivity contribution is 0.0685. The molecule has 8 heteroatoms. The van der Waals surface area contributed by atoms with Crippen LogP contribution in [-0.2, 0) is 0 Å². The minimum absolute atomic E-state index is 0.129. The van der Waals surface area contributed by atoms with Gasteiger partial charge in [0.1, 0.15) is 17.1 Å². The minimum atomic E-state index is -3.23. The Balaban J connectivity index is 2.48. The molecule has 1 aliphatic rings. The van der Waals surface area contributed by atoms with Gasteiger partial charge >= 0.3 is 12.7 Å². The van der Waals surface area contributed by atoms with Crippen LogP contribution in [0.2, 0.25) is 0 Å². The first kappa shape index (κ1) is 15.5. The second-order valence-corrected chi connectivity index (χ2v) is 5.02. The molecule has 0 fully saturated rings. The number of benzene rings is 1. The summed E-state index contributed by atoms with van der Waals surface area (Å²) in [7, 11) is 0. The average Bonchev–Trinajstić information content (AvgIpc) is 2.37. The normalized spacial score (nSPS) is 15.6. The van der Waals surface area contributed by atoms with Crippen LogP contribution in [0.3, 0.4) is 0 Å². The van der Waals surface area contributed by atoms with Crippen LogP contribution in [0.15, 0.2) is 6.07 Å². The Morgan fingerprint density at radius 2 is 2.14 bits per heavy atom. The number of aryl methyl sites for hydroxylation is 1. The fourth-order valence-corrected chi connectivity index (χ4v) is 2.09. The van der Waals surface area contributed by atoms with E-state index in [0.29, 0.717) is 12.2 Å². The van der Waals surface area contributed by atoms with Crippen molar-refractivity contribution in [3.63, 3.8) is 0 Å². The molecule has 0 aromatic heterocycles. The van der Waals surface area contributed by atoms with Crippen LogP contribution in [-0.4, -0.2) is 41.0 Å². The number of carbonyl (C=O) groups is 1. The van der Waals surface area contributed by atoms with Gasteiger partial charge in [-0.2, -0.15) is 0 Å². The summed E-state index contributed by atoms with van der Waals surface area (Å²) in [4.78, 5) is 11.5. The van der Waals surface area contributed by atoms with Crippen LogP contribution >= 0.6 is 0 Å². The fraction of sp³-hybridized carbons (Fsp3) is 0.462. The molecule has 1 heterocycles. The van der Waals surface area contributed by atoms with E-state index in [1.807, 2.05) is 6.92 Å². The number of hydrogen-bond donors (Lipinski definition) is 3. The largest absolute Gasteiger partial charge is 0.665 e. The van der Waals surface area contributed by atoms with Gasteiger partial charge in [-0.1, -0.05) is 13.3 Å². The van der Waals surface area contributed by atoms with Gasteiger partial charge in [-0.15, -0.1) is 0 Å². The number of carboxylic acid groups (broad SMARTS) is 1. The molecule has 1 aliphatic heterocycles. The van der Waals surface area contributed by atoms with Gasteiger partial charge in [0.2, 0.25) is 0 Å². The number of aromatic carboxylic acids is 1. The first-order valence-electron chi connectivity index (χ1n) is 6.81. The fourth-order valence-electron chi connectivity index (χ4n) is 2.09. The van der Waals surface area contributed by atoms with Crippen LogP contribution < -0.4 is 14.1 Å². The molecule has 0 radical (unpaired) electrons. The van der Waals surface area contributed by atoms with Crippen LogP contribution in [0.4, 0.5) is 0 Å². The Morgan fingerprint density at radius 1 is 1.43 bits per heavy atom. The quantitative estimate of drug-likeness (QED) is 0.552. The van der Waals surface area contributed by atoms with Crippen LogP contribution in [0.5, 0.6) is 17.2 Å². The zero-order valence-corrected chi connectivity index (χ0v) is 12.0. The van der Waals surface area contributed by atoms with Crippen molar-refractivity contribution in [2.24, 2.45) is 0 Å². The molecule has 3 N–H and O–H groups in total. The van der Waals surface area contributed by atoms with Crippen molar-refractivity contribution >= 4 is 12.7 Å². The molecule has 116 valence electrons. The van der Waals surface area contributed by atoms with Crippen molar-refractivity contribution in [3.05, 3.63) is 17.2 Å². The molecule has 2 rings (SSSR count). The third kappa shape index (κ3) is 3.22. The summed E-state index contributed by atoms with van der Waals surface area (Å²) >= 11 is 0. The van der Waals surface area contributed by atoms with E-state index in [-0.39, 0.29) is 22.8 Å². The van der Waals surface area contributed by atoms with E-state index in [1.165, 1.54) is 0 Å². The molecule has 0 saturated carbocycles. The molecular formula is C13H18BO7-. The van der Waals surface area contributed by atoms with Gasteiger partial charge in [0.25, 0.3) is 0 Å². The lowest BCUT2D eigenvalue weighted by atomic mass is 9.80. The van der Waals surface area contributed by atoms with Gasteiger partial charge in [0.05, 0.1) is 13.1 Å². The van der Waals surface area contributed by atoms with E-state index < -0.39 is 19.2 Å². The minimum Gasteiger partial charge on any atom is -0.665 e. The number of carboxylic acids is 1. The predicted molar refractivity (Wildman–Crippen MR) is 74.9 cm³/mol. The SMILES string of the molecule is CCCCOc1cc(C)c2c(c1C(=O)O)O[B-](O)(O)CO2. The molecule has 1 aromatic carbocycles. The zero-order chi connectivity index (χ0) is 15.6. The first-order valence-corrected chi connectivity index (χ1v) is 6.81. The lowest BCUT2D eigenvalue weighted by Gasteiger charge is -2.37. The molecule has 21 heavy (non-hydrogen) atoms. The van der Waals surface area contributed by atoms with Crippen molar-refractivity contribution in [1.29, 1.82) is 0 Å². The number of fused-ring (bicyclic) bond motifs is 1. The van der Waals surface area contributed by atoms with Crippen molar-refractivity contribution in [1.82, 2.24) is 0 Å².